The summed E-state index contributed by atoms with van der Waals surface area (Å²) in [6, 6.07) is 8.47. The molecule has 1 saturated heterocycles. The van der Waals surface area contributed by atoms with Crippen LogP contribution in [-0.2, 0) is 21.2 Å². The molecule has 1 N–H and O–H groups in total. The van der Waals surface area contributed by atoms with Crippen molar-refractivity contribution in [3.63, 3.8) is 0 Å². The molecule has 0 aromatic heterocycles. The number of nitrogens with one attached hydrogen (secondary N) is 1. The molecule has 0 saturated carbocycles. The zero-order valence-corrected chi connectivity index (χ0v) is 15.6. The van der Waals surface area contributed by atoms with Crippen LogP contribution in [0.2, 0.25) is 0 Å². The summed E-state index contributed by atoms with van der Waals surface area (Å²) in [4.78, 5) is 14.7. The number of carbonyl (C=O) groups excluding carboxylic acids is 1. The molecule has 7 heteroatoms. The van der Waals surface area contributed by atoms with Gasteiger partial charge in [0.25, 0.3) is 0 Å². The maximum atomic E-state index is 12.3. The molecule has 0 bridgehead atoms. The Morgan fingerprint density at radius 3 is 2.88 bits per heavy atom. The summed E-state index contributed by atoms with van der Waals surface area (Å²) in [5, 5.41) is 2.99. The SMILES string of the molecule is CS(=O)(=O)N1CCC[C@H](C(=O)NCCCN2CCc3ccccc32)C1. The Kier molecular flexibility index (Phi) is 5.64. The first kappa shape index (κ1) is 18.2. The van der Waals surface area contributed by atoms with Gasteiger partial charge in [0, 0.05) is 38.4 Å². The molecule has 1 aromatic carbocycles. The molecule has 1 aromatic rings. The van der Waals surface area contributed by atoms with Crippen LogP contribution in [0.15, 0.2) is 24.3 Å². The van der Waals surface area contributed by atoms with Crippen LogP contribution in [0, 0.1) is 5.92 Å². The second kappa shape index (κ2) is 7.74. The van der Waals surface area contributed by atoms with E-state index in [1.54, 1.807) is 0 Å². The summed E-state index contributed by atoms with van der Waals surface area (Å²) >= 11 is 0. The molecule has 0 spiro atoms. The molecule has 2 aliphatic rings. The van der Waals surface area contributed by atoms with E-state index in [0.717, 1.165) is 38.8 Å². The number of fused-ring (bicyclic) bond motifs is 1. The number of nitrogens with zero attached hydrogens (tertiary/aromatic N) is 2. The molecule has 2 aliphatic heterocycles. The molecule has 2 heterocycles. The van der Waals surface area contributed by atoms with Crippen molar-refractivity contribution < 1.29 is 13.2 Å². The highest BCUT2D eigenvalue weighted by Crippen LogP contribution is 2.27. The van der Waals surface area contributed by atoms with E-state index in [2.05, 4.69) is 34.5 Å². The van der Waals surface area contributed by atoms with E-state index in [1.165, 1.54) is 21.8 Å². The number of para-hydroxylation sites is 1. The topological polar surface area (TPSA) is 69.7 Å². The lowest BCUT2D eigenvalue weighted by atomic mass is 9.99. The smallest absolute Gasteiger partial charge is 0.224 e. The van der Waals surface area contributed by atoms with E-state index in [1.807, 2.05) is 0 Å². The second-order valence-electron chi connectivity index (χ2n) is 6.97. The van der Waals surface area contributed by atoms with Crippen LogP contribution in [-0.4, -0.2) is 57.6 Å². The van der Waals surface area contributed by atoms with Gasteiger partial charge >= 0.3 is 0 Å². The van der Waals surface area contributed by atoms with Crippen molar-refractivity contribution in [1.29, 1.82) is 0 Å². The Balaban J connectivity index is 1.41. The summed E-state index contributed by atoms with van der Waals surface area (Å²) in [6.45, 7) is 3.44. The number of anilines is 1. The van der Waals surface area contributed by atoms with Crippen LogP contribution >= 0.6 is 0 Å². The van der Waals surface area contributed by atoms with E-state index in [9.17, 15) is 13.2 Å². The van der Waals surface area contributed by atoms with Crippen LogP contribution in [0.5, 0.6) is 0 Å². The van der Waals surface area contributed by atoms with Crippen LogP contribution in [0.25, 0.3) is 0 Å². The molecule has 1 fully saturated rings. The third kappa shape index (κ3) is 4.52. The highest BCUT2D eigenvalue weighted by atomic mass is 32.2. The number of piperidine rings is 1. The highest BCUT2D eigenvalue weighted by Gasteiger charge is 2.29. The Hall–Kier alpha value is -1.60. The first-order valence-corrected chi connectivity index (χ1v) is 10.9. The van der Waals surface area contributed by atoms with Gasteiger partial charge in [0.05, 0.1) is 12.2 Å². The largest absolute Gasteiger partial charge is 0.371 e. The number of amides is 1. The van der Waals surface area contributed by atoms with E-state index in [0.29, 0.717) is 19.6 Å². The van der Waals surface area contributed by atoms with E-state index in [4.69, 9.17) is 0 Å². The number of hydrogen-bond acceptors (Lipinski definition) is 4. The number of rotatable bonds is 6. The third-order valence-electron chi connectivity index (χ3n) is 5.11. The average molecular weight is 365 g/mol. The maximum Gasteiger partial charge on any atom is 0.224 e. The Labute approximate surface area is 150 Å². The van der Waals surface area contributed by atoms with Crippen LogP contribution in [0.1, 0.15) is 24.8 Å². The van der Waals surface area contributed by atoms with Crippen molar-refractivity contribution in [3.8, 4) is 0 Å². The van der Waals surface area contributed by atoms with Crippen molar-refractivity contribution >= 4 is 21.6 Å². The van der Waals surface area contributed by atoms with Gasteiger partial charge in [-0.2, -0.15) is 0 Å². The lowest BCUT2D eigenvalue weighted by Crippen LogP contribution is -2.45. The summed E-state index contributed by atoms with van der Waals surface area (Å²) < 4.78 is 24.7. The lowest BCUT2D eigenvalue weighted by Gasteiger charge is -2.30. The molecule has 1 atom stereocenters. The minimum Gasteiger partial charge on any atom is -0.371 e. The zero-order chi connectivity index (χ0) is 17.9. The minimum absolute atomic E-state index is 0.0184. The monoisotopic (exact) mass is 365 g/mol. The average Bonchev–Trinajstić information content (AvgIpc) is 3.01. The zero-order valence-electron chi connectivity index (χ0n) is 14.8. The summed E-state index contributed by atoms with van der Waals surface area (Å²) in [7, 11) is -3.21. The molecule has 6 nitrogen and oxygen atoms in total. The molecule has 1 amide bonds. The van der Waals surface area contributed by atoms with E-state index in [-0.39, 0.29) is 11.8 Å². The van der Waals surface area contributed by atoms with Gasteiger partial charge in [-0.05, 0) is 37.3 Å². The van der Waals surface area contributed by atoms with Gasteiger partial charge in [0.1, 0.15) is 0 Å². The van der Waals surface area contributed by atoms with Gasteiger partial charge in [0.15, 0.2) is 0 Å². The Morgan fingerprint density at radius 1 is 1.28 bits per heavy atom. The predicted molar refractivity (Wildman–Crippen MR) is 99.1 cm³/mol. The van der Waals surface area contributed by atoms with Crippen LogP contribution in [0.4, 0.5) is 5.69 Å². The first-order valence-electron chi connectivity index (χ1n) is 9.01. The van der Waals surface area contributed by atoms with Crippen LogP contribution in [0.3, 0.4) is 0 Å². The van der Waals surface area contributed by atoms with Gasteiger partial charge in [-0.1, -0.05) is 18.2 Å². The second-order valence-corrected chi connectivity index (χ2v) is 8.95. The molecular weight excluding hydrogens is 338 g/mol. The highest BCUT2D eigenvalue weighted by molar-refractivity contribution is 7.88. The van der Waals surface area contributed by atoms with Gasteiger partial charge in [-0.3, -0.25) is 4.79 Å². The van der Waals surface area contributed by atoms with Crippen molar-refractivity contribution in [2.45, 2.75) is 25.7 Å². The Bertz CT molecular complexity index is 720. The summed E-state index contributed by atoms with van der Waals surface area (Å²) in [6.07, 6.45) is 4.70. The molecule has 0 unspecified atom stereocenters. The quantitative estimate of drug-likeness (QED) is 0.770. The maximum absolute atomic E-state index is 12.3. The van der Waals surface area contributed by atoms with Gasteiger partial charge < -0.3 is 10.2 Å². The van der Waals surface area contributed by atoms with Crippen LogP contribution < -0.4 is 10.2 Å². The lowest BCUT2D eigenvalue weighted by molar-refractivity contribution is -0.126. The number of carbonyl (C=O) groups is 1. The molecule has 138 valence electrons. The molecule has 25 heavy (non-hydrogen) atoms. The fourth-order valence-corrected chi connectivity index (χ4v) is 4.63. The summed E-state index contributed by atoms with van der Waals surface area (Å²) in [5.74, 6) is -0.244. The van der Waals surface area contributed by atoms with Crippen molar-refractivity contribution in [1.82, 2.24) is 9.62 Å². The third-order valence-corrected chi connectivity index (χ3v) is 6.38. The van der Waals surface area contributed by atoms with E-state index >= 15 is 0 Å². The van der Waals surface area contributed by atoms with Gasteiger partial charge in [-0.25, -0.2) is 12.7 Å². The molecule has 0 aliphatic carbocycles. The van der Waals surface area contributed by atoms with Crippen molar-refractivity contribution in [2.24, 2.45) is 5.92 Å². The first-order chi connectivity index (χ1) is 11.9. The number of hydrogen-bond donors (Lipinski definition) is 1. The van der Waals surface area contributed by atoms with Crippen molar-refractivity contribution in [3.05, 3.63) is 29.8 Å². The number of benzene rings is 1. The molecule has 3 rings (SSSR count). The normalized spacial score (nSPS) is 21.2. The van der Waals surface area contributed by atoms with Gasteiger partial charge in [-0.15, -0.1) is 0 Å². The molecular formula is C18H27N3O3S. The summed E-state index contributed by atoms with van der Waals surface area (Å²) in [5.41, 5.74) is 2.71. The fraction of sp³-hybridized carbons (Fsp3) is 0.611. The minimum atomic E-state index is -3.21. The van der Waals surface area contributed by atoms with E-state index < -0.39 is 10.0 Å². The number of sulfonamides is 1. The molecule has 0 radical (unpaired) electrons. The standard InChI is InChI=1S/C18H27N3O3S/c1-25(23,24)21-12-4-7-16(14-21)18(22)19-10-5-11-20-13-9-15-6-2-3-8-17(15)20/h2-3,6,8,16H,4-5,7,9-14H2,1H3,(H,19,22)/t16-/m0/s1. The van der Waals surface area contributed by atoms with Gasteiger partial charge in [0.2, 0.25) is 15.9 Å². The Morgan fingerprint density at radius 2 is 2.08 bits per heavy atom. The predicted octanol–water partition coefficient (Wildman–Crippen LogP) is 1.23. The fourth-order valence-electron chi connectivity index (χ4n) is 3.72. The van der Waals surface area contributed by atoms with Crippen molar-refractivity contribution in [2.75, 3.05) is 43.9 Å².